The van der Waals surface area contributed by atoms with Gasteiger partial charge in [0.25, 0.3) is 0 Å². The van der Waals surface area contributed by atoms with E-state index in [0.717, 1.165) is 34.1 Å². The van der Waals surface area contributed by atoms with Gasteiger partial charge in [-0.05, 0) is 30.7 Å². The molecule has 0 unspecified atom stereocenters. The van der Waals surface area contributed by atoms with Gasteiger partial charge in [0.15, 0.2) is 11.5 Å². The van der Waals surface area contributed by atoms with E-state index in [0.29, 0.717) is 12.5 Å². The number of fused-ring (bicyclic) bond motifs is 1. The first kappa shape index (κ1) is 15.2. The minimum absolute atomic E-state index is 0.258. The van der Waals surface area contributed by atoms with Crippen LogP contribution in [0.1, 0.15) is 11.1 Å². The van der Waals surface area contributed by atoms with Crippen LogP contribution in [0.15, 0.2) is 48.9 Å². The average molecular weight is 335 g/mol. The maximum Gasteiger partial charge on any atom is 0.231 e. The minimum Gasteiger partial charge on any atom is -0.454 e. The highest BCUT2D eigenvalue weighted by Gasteiger charge is 2.14. The van der Waals surface area contributed by atoms with Crippen molar-refractivity contribution in [3.63, 3.8) is 0 Å². The van der Waals surface area contributed by atoms with Crippen LogP contribution in [0.5, 0.6) is 11.5 Å². The summed E-state index contributed by atoms with van der Waals surface area (Å²) < 4.78 is 10.7. The van der Waals surface area contributed by atoms with Crippen LogP contribution in [0.3, 0.4) is 0 Å². The zero-order valence-electron chi connectivity index (χ0n) is 13.7. The summed E-state index contributed by atoms with van der Waals surface area (Å²) in [5, 5.41) is 6.51. The molecule has 3 aromatic rings. The number of hydrogen-bond donors (Lipinski definition) is 2. The molecule has 0 fully saturated rings. The van der Waals surface area contributed by atoms with E-state index >= 15 is 0 Å². The van der Waals surface area contributed by atoms with E-state index in [4.69, 9.17) is 9.47 Å². The molecule has 0 bridgehead atoms. The molecular weight excluding hydrogens is 318 g/mol. The predicted octanol–water partition coefficient (Wildman–Crippen LogP) is 3.26. The molecule has 3 heterocycles. The van der Waals surface area contributed by atoms with E-state index in [9.17, 15) is 0 Å². The molecule has 0 radical (unpaired) electrons. The van der Waals surface area contributed by atoms with Gasteiger partial charge in [0.1, 0.15) is 5.82 Å². The Morgan fingerprint density at radius 2 is 2.04 bits per heavy atom. The van der Waals surface area contributed by atoms with Crippen LogP contribution in [0.4, 0.5) is 17.5 Å². The molecule has 126 valence electrons. The van der Waals surface area contributed by atoms with Crippen LogP contribution in [0.25, 0.3) is 0 Å². The minimum atomic E-state index is 0.258. The van der Waals surface area contributed by atoms with Crippen LogP contribution in [0, 0.1) is 6.92 Å². The smallest absolute Gasteiger partial charge is 0.231 e. The molecular formula is C18H17N5O2. The first-order valence-electron chi connectivity index (χ1n) is 7.91. The van der Waals surface area contributed by atoms with Crippen molar-refractivity contribution < 1.29 is 9.47 Å². The molecule has 0 atom stereocenters. The summed E-state index contributed by atoms with van der Waals surface area (Å²) in [6.07, 6.45) is 5.35. The Labute approximate surface area is 145 Å². The summed E-state index contributed by atoms with van der Waals surface area (Å²) in [7, 11) is 0. The second kappa shape index (κ2) is 6.64. The lowest BCUT2D eigenvalue weighted by atomic mass is 10.2. The largest absolute Gasteiger partial charge is 0.454 e. The topological polar surface area (TPSA) is 81.2 Å². The van der Waals surface area contributed by atoms with Crippen LogP contribution < -0.4 is 20.1 Å². The van der Waals surface area contributed by atoms with E-state index in [1.54, 1.807) is 12.4 Å². The molecule has 1 aromatic carbocycles. The lowest BCUT2D eigenvalue weighted by Gasteiger charge is -2.11. The van der Waals surface area contributed by atoms with E-state index in [2.05, 4.69) is 25.6 Å². The van der Waals surface area contributed by atoms with Crippen LogP contribution >= 0.6 is 0 Å². The molecule has 7 heteroatoms. The maximum absolute atomic E-state index is 5.41. The molecule has 1 aliphatic heterocycles. The van der Waals surface area contributed by atoms with Gasteiger partial charge in [-0.15, -0.1) is 0 Å². The van der Waals surface area contributed by atoms with Crippen molar-refractivity contribution in [3.8, 4) is 11.5 Å². The summed E-state index contributed by atoms with van der Waals surface area (Å²) >= 11 is 0. The van der Waals surface area contributed by atoms with Gasteiger partial charge in [-0.25, -0.2) is 4.98 Å². The van der Waals surface area contributed by atoms with Crippen LogP contribution in [-0.2, 0) is 6.54 Å². The summed E-state index contributed by atoms with van der Waals surface area (Å²) in [6, 6.07) is 9.60. The third-order valence-corrected chi connectivity index (χ3v) is 3.78. The lowest BCUT2D eigenvalue weighted by molar-refractivity contribution is 0.174. The highest BCUT2D eigenvalue weighted by Crippen LogP contribution is 2.35. The number of aryl methyl sites for hydroxylation is 1. The molecule has 0 aliphatic carbocycles. The molecule has 0 saturated heterocycles. The zero-order chi connectivity index (χ0) is 17.1. The SMILES string of the molecule is Cc1cnc(NCc2cccnc2)nc1Nc1ccc2c(c1)OCO2. The van der Waals surface area contributed by atoms with Gasteiger partial charge in [-0.3, -0.25) is 4.98 Å². The van der Waals surface area contributed by atoms with Gasteiger partial charge in [-0.1, -0.05) is 6.07 Å². The maximum atomic E-state index is 5.41. The van der Waals surface area contributed by atoms with Crippen molar-refractivity contribution in [3.05, 3.63) is 60.0 Å². The third-order valence-electron chi connectivity index (χ3n) is 3.78. The van der Waals surface area contributed by atoms with Crippen molar-refractivity contribution in [2.45, 2.75) is 13.5 Å². The fourth-order valence-corrected chi connectivity index (χ4v) is 2.45. The van der Waals surface area contributed by atoms with Crippen molar-refractivity contribution in [2.24, 2.45) is 0 Å². The van der Waals surface area contributed by atoms with Crippen LogP contribution in [0.2, 0.25) is 0 Å². The van der Waals surface area contributed by atoms with Crippen molar-refractivity contribution in [1.29, 1.82) is 0 Å². The molecule has 0 saturated carbocycles. The third kappa shape index (κ3) is 3.45. The van der Waals surface area contributed by atoms with Crippen molar-refractivity contribution in [2.75, 3.05) is 17.4 Å². The van der Waals surface area contributed by atoms with Gasteiger partial charge in [0, 0.05) is 42.5 Å². The van der Waals surface area contributed by atoms with Gasteiger partial charge in [0.2, 0.25) is 12.7 Å². The Hall–Kier alpha value is -3.35. The number of rotatable bonds is 5. The highest BCUT2D eigenvalue weighted by molar-refractivity contribution is 5.64. The van der Waals surface area contributed by atoms with E-state index in [-0.39, 0.29) is 6.79 Å². The summed E-state index contributed by atoms with van der Waals surface area (Å²) in [6.45, 7) is 2.83. The number of ether oxygens (including phenoxy) is 2. The van der Waals surface area contributed by atoms with Crippen LogP contribution in [-0.4, -0.2) is 21.7 Å². The monoisotopic (exact) mass is 335 g/mol. The van der Waals surface area contributed by atoms with Gasteiger partial charge >= 0.3 is 0 Å². The molecule has 2 aromatic heterocycles. The van der Waals surface area contributed by atoms with E-state index < -0.39 is 0 Å². The Bertz CT molecular complexity index is 886. The fraction of sp³-hybridized carbons (Fsp3) is 0.167. The Balaban J connectivity index is 1.49. The first-order chi connectivity index (χ1) is 12.3. The average Bonchev–Trinajstić information content (AvgIpc) is 3.11. The normalized spacial score (nSPS) is 12.0. The zero-order valence-corrected chi connectivity index (χ0v) is 13.7. The number of aromatic nitrogens is 3. The van der Waals surface area contributed by atoms with Crippen molar-refractivity contribution >= 4 is 17.5 Å². The highest BCUT2D eigenvalue weighted by atomic mass is 16.7. The molecule has 0 spiro atoms. The Morgan fingerprint density at radius 3 is 2.92 bits per heavy atom. The predicted molar refractivity (Wildman–Crippen MR) is 94.2 cm³/mol. The van der Waals surface area contributed by atoms with Gasteiger partial charge in [0.05, 0.1) is 0 Å². The van der Waals surface area contributed by atoms with Gasteiger partial charge in [-0.2, -0.15) is 4.98 Å². The Kier molecular flexibility index (Phi) is 4.04. The fourth-order valence-electron chi connectivity index (χ4n) is 2.45. The summed E-state index contributed by atoms with van der Waals surface area (Å²) in [5.41, 5.74) is 2.89. The molecule has 2 N–H and O–H groups in total. The molecule has 7 nitrogen and oxygen atoms in total. The first-order valence-corrected chi connectivity index (χ1v) is 7.91. The number of benzene rings is 1. The summed E-state index contributed by atoms with van der Waals surface area (Å²) in [4.78, 5) is 13.0. The lowest BCUT2D eigenvalue weighted by Crippen LogP contribution is -2.06. The molecule has 1 aliphatic rings. The van der Waals surface area contributed by atoms with Crippen molar-refractivity contribution in [1.82, 2.24) is 15.0 Å². The Morgan fingerprint density at radius 1 is 1.12 bits per heavy atom. The number of nitrogens with one attached hydrogen (secondary N) is 2. The second-order valence-electron chi connectivity index (χ2n) is 5.63. The molecule has 0 amide bonds. The summed E-state index contributed by atoms with van der Waals surface area (Å²) in [5.74, 6) is 2.77. The standard InChI is InChI=1S/C18H17N5O2/c1-12-8-20-18(21-10-13-3-2-6-19-9-13)23-17(12)22-14-4-5-15-16(7-14)25-11-24-15/h2-9H,10-11H2,1H3,(H2,20,21,22,23). The quantitative estimate of drug-likeness (QED) is 0.740. The number of nitrogens with zero attached hydrogens (tertiary/aromatic N) is 3. The molecule has 4 rings (SSSR count). The molecule has 25 heavy (non-hydrogen) atoms. The van der Waals surface area contributed by atoms with E-state index in [1.807, 2.05) is 43.5 Å². The number of anilines is 3. The van der Waals surface area contributed by atoms with E-state index in [1.165, 1.54) is 0 Å². The number of pyridine rings is 1. The second-order valence-corrected chi connectivity index (χ2v) is 5.63. The van der Waals surface area contributed by atoms with Gasteiger partial charge < -0.3 is 20.1 Å². The number of hydrogen-bond acceptors (Lipinski definition) is 7.